The second-order valence-electron chi connectivity index (χ2n) is 4.57. The molecule has 1 N–H and O–H groups in total. The van der Waals surface area contributed by atoms with Gasteiger partial charge in [0.1, 0.15) is 6.17 Å². The SMILES string of the molecule is O=C([C@H]1CCCNC1)N1CCC[C@H](F)C1. The number of amides is 1. The van der Waals surface area contributed by atoms with E-state index in [1.165, 1.54) is 0 Å². The van der Waals surface area contributed by atoms with Gasteiger partial charge < -0.3 is 10.2 Å². The summed E-state index contributed by atoms with van der Waals surface area (Å²) in [6.07, 6.45) is 2.64. The molecule has 0 aliphatic carbocycles. The summed E-state index contributed by atoms with van der Waals surface area (Å²) in [5, 5.41) is 3.22. The molecule has 0 bridgehead atoms. The molecule has 1 amide bonds. The summed E-state index contributed by atoms with van der Waals surface area (Å²) in [5.41, 5.74) is 0. The van der Waals surface area contributed by atoms with E-state index < -0.39 is 6.17 Å². The largest absolute Gasteiger partial charge is 0.340 e. The lowest BCUT2D eigenvalue weighted by Crippen LogP contribution is -2.47. The van der Waals surface area contributed by atoms with Crippen molar-refractivity contribution in [3.8, 4) is 0 Å². The molecule has 2 fully saturated rings. The van der Waals surface area contributed by atoms with Crippen LogP contribution in [-0.2, 0) is 4.79 Å². The van der Waals surface area contributed by atoms with Gasteiger partial charge in [-0.1, -0.05) is 0 Å². The van der Waals surface area contributed by atoms with Crippen LogP contribution in [0.4, 0.5) is 4.39 Å². The van der Waals surface area contributed by atoms with E-state index in [1.54, 1.807) is 4.90 Å². The van der Waals surface area contributed by atoms with Crippen LogP contribution < -0.4 is 5.32 Å². The number of nitrogens with zero attached hydrogens (tertiary/aromatic N) is 1. The molecule has 0 spiro atoms. The number of alkyl halides is 1. The standard InChI is InChI=1S/C11H19FN2O/c12-10-4-2-6-14(8-10)11(15)9-3-1-5-13-7-9/h9-10,13H,1-8H2/t9-,10-/m0/s1. The van der Waals surface area contributed by atoms with Crippen molar-refractivity contribution in [2.75, 3.05) is 26.2 Å². The molecule has 2 atom stereocenters. The highest BCUT2D eigenvalue weighted by Crippen LogP contribution is 2.18. The number of halogens is 1. The van der Waals surface area contributed by atoms with Crippen LogP contribution in [0.25, 0.3) is 0 Å². The van der Waals surface area contributed by atoms with Crippen LogP contribution in [-0.4, -0.2) is 43.2 Å². The van der Waals surface area contributed by atoms with Crippen molar-refractivity contribution in [1.82, 2.24) is 10.2 Å². The Bertz CT molecular complexity index is 229. The summed E-state index contributed by atoms with van der Waals surface area (Å²) >= 11 is 0. The lowest BCUT2D eigenvalue weighted by Gasteiger charge is -2.33. The quantitative estimate of drug-likeness (QED) is 0.704. The molecule has 4 heteroatoms. The van der Waals surface area contributed by atoms with Gasteiger partial charge in [0.05, 0.1) is 12.5 Å². The number of piperidine rings is 2. The van der Waals surface area contributed by atoms with Crippen LogP contribution in [0.3, 0.4) is 0 Å². The zero-order valence-corrected chi connectivity index (χ0v) is 9.04. The lowest BCUT2D eigenvalue weighted by atomic mass is 9.97. The molecule has 2 aliphatic rings. The summed E-state index contributed by atoms with van der Waals surface area (Å²) in [6, 6.07) is 0. The summed E-state index contributed by atoms with van der Waals surface area (Å²) < 4.78 is 13.2. The lowest BCUT2D eigenvalue weighted by molar-refractivity contribution is -0.138. The van der Waals surface area contributed by atoms with Crippen molar-refractivity contribution in [3.05, 3.63) is 0 Å². The molecule has 3 nitrogen and oxygen atoms in total. The number of carbonyl (C=O) groups excluding carboxylic acids is 1. The maximum atomic E-state index is 13.2. The van der Waals surface area contributed by atoms with Crippen LogP contribution in [0.1, 0.15) is 25.7 Å². The second kappa shape index (κ2) is 4.92. The number of nitrogens with one attached hydrogen (secondary N) is 1. The van der Waals surface area contributed by atoms with E-state index in [-0.39, 0.29) is 11.8 Å². The first-order chi connectivity index (χ1) is 7.27. The molecule has 0 saturated carbocycles. The molecule has 0 radical (unpaired) electrons. The first-order valence-corrected chi connectivity index (χ1v) is 5.91. The predicted octanol–water partition coefficient (Wildman–Crippen LogP) is 0.946. The molecule has 2 saturated heterocycles. The second-order valence-corrected chi connectivity index (χ2v) is 4.57. The Kier molecular flexibility index (Phi) is 3.57. The van der Waals surface area contributed by atoms with Gasteiger partial charge in [0, 0.05) is 13.1 Å². The average Bonchev–Trinajstić information content (AvgIpc) is 2.29. The Morgan fingerprint density at radius 1 is 1.33 bits per heavy atom. The molecule has 0 aromatic rings. The van der Waals surface area contributed by atoms with Gasteiger partial charge in [-0.05, 0) is 32.2 Å². The van der Waals surface area contributed by atoms with Crippen LogP contribution in [0.2, 0.25) is 0 Å². The molecule has 15 heavy (non-hydrogen) atoms. The fourth-order valence-electron chi connectivity index (χ4n) is 2.45. The maximum Gasteiger partial charge on any atom is 0.227 e. The van der Waals surface area contributed by atoms with Gasteiger partial charge in [-0.3, -0.25) is 4.79 Å². The fourth-order valence-corrected chi connectivity index (χ4v) is 2.45. The van der Waals surface area contributed by atoms with E-state index in [1.807, 2.05) is 0 Å². The van der Waals surface area contributed by atoms with Gasteiger partial charge in [0.2, 0.25) is 5.91 Å². The average molecular weight is 214 g/mol. The van der Waals surface area contributed by atoms with Gasteiger partial charge in [-0.2, -0.15) is 0 Å². The number of likely N-dealkylation sites (tertiary alicyclic amines) is 1. The van der Waals surface area contributed by atoms with E-state index in [2.05, 4.69) is 5.32 Å². The van der Waals surface area contributed by atoms with Gasteiger partial charge >= 0.3 is 0 Å². The van der Waals surface area contributed by atoms with Gasteiger partial charge in [-0.15, -0.1) is 0 Å². The molecular formula is C11H19FN2O. The number of hydrogen-bond acceptors (Lipinski definition) is 2. The molecule has 2 heterocycles. The molecule has 0 aromatic carbocycles. The van der Waals surface area contributed by atoms with Gasteiger partial charge in [0.25, 0.3) is 0 Å². The van der Waals surface area contributed by atoms with Crippen LogP contribution in [0.5, 0.6) is 0 Å². The Morgan fingerprint density at radius 2 is 2.20 bits per heavy atom. The highest BCUT2D eigenvalue weighted by molar-refractivity contribution is 5.79. The Morgan fingerprint density at radius 3 is 2.87 bits per heavy atom. The van der Waals surface area contributed by atoms with Crippen molar-refractivity contribution in [3.63, 3.8) is 0 Å². The highest BCUT2D eigenvalue weighted by Gasteiger charge is 2.29. The van der Waals surface area contributed by atoms with E-state index in [0.29, 0.717) is 13.0 Å². The first-order valence-electron chi connectivity index (χ1n) is 5.91. The minimum absolute atomic E-state index is 0.0871. The number of hydrogen-bond donors (Lipinski definition) is 1. The Balaban J connectivity index is 1.88. The molecular weight excluding hydrogens is 195 g/mol. The summed E-state index contributed by atoms with van der Waals surface area (Å²) in [7, 11) is 0. The summed E-state index contributed by atoms with van der Waals surface area (Å²) in [6.45, 7) is 2.84. The van der Waals surface area contributed by atoms with Crippen LogP contribution in [0, 0.1) is 5.92 Å². The van der Waals surface area contributed by atoms with Gasteiger partial charge in [-0.25, -0.2) is 4.39 Å². The number of rotatable bonds is 1. The van der Waals surface area contributed by atoms with Crippen LogP contribution in [0.15, 0.2) is 0 Å². The molecule has 0 unspecified atom stereocenters. The van der Waals surface area contributed by atoms with Crippen molar-refractivity contribution in [2.24, 2.45) is 5.92 Å². The Hall–Kier alpha value is -0.640. The van der Waals surface area contributed by atoms with Gasteiger partial charge in [0.15, 0.2) is 0 Å². The zero-order valence-electron chi connectivity index (χ0n) is 9.04. The van der Waals surface area contributed by atoms with Crippen LogP contribution >= 0.6 is 0 Å². The van der Waals surface area contributed by atoms with Crippen molar-refractivity contribution in [1.29, 1.82) is 0 Å². The topological polar surface area (TPSA) is 32.3 Å². The van der Waals surface area contributed by atoms with E-state index in [9.17, 15) is 9.18 Å². The molecule has 2 aliphatic heterocycles. The van der Waals surface area contributed by atoms with Crippen molar-refractivity contribution >= 4 is 5.91 Å². The monoisotopic (exact) mass is 214 g/mol. The van der Waals surface area contributed by atoms with E-state index >= 15 is 0 Å². The molecule has 2 rings (SSSR count). The molecule has 0 aromatic heterocycles. The smallest absolute Gasteiger partial charge is 0.227 e. The minimum Gasteiger partial charge on any atom is -0.340 e. The highest BCUT2D eigenvalue weighted by atomic mass is 19.1. The zero-order chi connectivity index (χ0) is 10.7. The number of carbonyl (C=O) groups is 1. The third-order valence-corrected chi connectivity index (χ3v) is 3.32. The van der Waals surface area contributed by atoms with Crippen molar-refractivity contribution in [2.45, 2.75) is 31.9 Å². The van der Waals surface area contributed by atoms with Crippen molar-refractivity contribution < 1.29 is 9.18 Å². The first kappa shape index (κ1) is 10.9. The van der Waals surface area contributed by atoms with E-state index in [0.717, 1.165) is 38.9 Å². The normalized spacial score (nSPS) is 32.7. The minimum atomic E-state index is -0.806. The third kappa shape index (κ3) is 2.68. The summed E-state index contributed by atoms with van der Waals surface area (Å²) in [4.78, 5) is 13.7. The maximum absolute atomic E-state index is 13.2. The fraction of sp³-hybridized carbons (Fsp3) is 0.909. The predicted molar refractivity (Wildman–Crippen MR) is 56.3 cm³/mol. The van der Waals surface area contributed by atoms with E-state index in [4.69, 9.17) is 0 Å². The third-order valence-electron chi connectivity index (χ3n) is 3.32. The Labute approximate surface area is 90.0 Å². The summed E-state index contributed by atoms with van der Waals surface area (Å²) in [5.74, 6) is 0.244. The molecule has 86 valence electrons.